The fourth-order valence-electron chi connectivity index (χ4n) is 1.35. The molecular weight excluding hydrogens is 250 g/mol. The fourth-order valence-corrected chi connectivity index (χ4v) is 1.35. The molecule has 0 atom stereocenters. The Bertz CT molecular complexity index is 468. The van der Waals surface area contributed by atoms with Crippen LogP contribution in [0.15, 0.2) is 29.4 Å². The molecule has 7 heteroatoms. The van der Waals surface area contributed by atoms with E-state index in [1.54, 1.807) is 0 Å². The highest BCUT2D eigenvalue weighted by atomic mass is 16.6. The molecule has 0 aliphatic rings. The second-order valence-corrected chi connectivity index (χ2v) is 4.72. The minimum Gasteiger partial charge on any atom is -0.494 e. The number of nitro benzene ring substituents is 1. The van der Waals surface area contributed by atoms with Crippen LogP contribution in [0, 0.1) is 15.5 Å². The first-order chi connectivity index (χ1) is 8.86. The van der Waals surface area contributed by atoms with E-state index < -0.39 is 10.3 Å². The maximum Gasteiger partial charge on any atom is 0.269 e. The molecule has 1 aromatic rings. The Labute approximate surface area is 110 Å². The van der Waals surface area contributed by atoms with Crippen LogP contribution in [0.1, 0.15) is 20.3 Å². The van der Waals surface area contributed by atoms with Crippen molar-refractivity contribution in [1.82, 2.24) is 0 Å². The van der Waals surface area contributed by atoms with Gasteiger partial charge in [-0.05, 0) is 18.6 Å². The van der Waals surface area contributed by atoms with Crippen LogP contribution in [-0.4, -0.2) is 22.6 Å². The number of hydrogen-bond acceptors (Lipinski definition) is 5. The van der Waals surface area contributed by atoms with Gasteiger partial charge in [0.05, 0.1) is 11.5 Å². The summed E-state index contributed by atoms with van der Waals surface area (Å²) in [5.41, 5.74) is 5.09. The van der Waals surface area contributed by atoms with Gasteiger partial charge in [-0.25, -0.2) is 0 Å². The quantitative estimate of drug-likeness (QED) is 0.269. The number of amidine groups is 1. The SMILES string of the molecule is CC(C)(CCOc1ccc([N+](=O)[O-])cc1)C(N)=NO. The smallest absolute Gasteiger partial charge is 0.269 e. The van der Waals surface area contributed by atoms with Crippen molar-refractivity contribution in [3.63, 3.8) is 0 Å². The highest BCUT2D eigenvalue weighted by molar-refractivity contribution is 5.85. The number of hydrogen-bond donors (Lipinski definition) is 2. The number of ether oxygens (including phenoxy) is 1. The van der Waals surface area contributed by atoms with E-state index in [9.17, 15) is 10.1 Å². The van der Waals surface area contributed by atoms with Gasteiger partial charge >= 0.3 is 0 Å². The van der Waals surface area contributed by atoms with Crippen molar-refractivity contribution >= 4 is 11.5 Å². The van der Waals surface area contributed by atoms with E-state index in [2.05, 4.69) is 5.16 Å². The molecule has 1 rings (SSSR count). The summed E-state index contributed by atoms with van der Waals surface area (Å²) in [6.07, 6.45) is 0.555. The normalized spacial score (nSPS) is 12.2. The lowest BCUT2D eigenvalue weighted by molar-refractivity contribution is -0.384. The maximum absolute atomic E-state index is 10.5. The van der Waals surface area contributed by atoms with Crippen molar-refractivity contribution in [3.05, 3.63) is 34.4 Å². The lowest BCUT2D eigenvalue weighted by atomic mass is 9.88. The highest BCUT2D eigenvalue weighted by Crippen LogP contribution is 2.22. The highest BCUT2D eigenvalue weighted by Gasteiger charge is 2.23. The van der Waals surface area contributed by atoms with Crippen molar-refractivity contribution in [1.29, 1.82) is 0 Å². The molecule has 0 aromatic heterocycles. The van der Waals surface area contributed by atoms with Crippen molar-refractivity contribution < 1.29 is 14.9 Å². The molecule has 19 heavy (non-hydrogen) atoms. The van der Waals surface area contributed by atoms with E-state index >= 15 is 0 Å². The van der Waals surface area contributed by atoms with Gasteiger partial charge < -0.3 is 15.7 Å². The van der Waals surface area contributed by atoms with Crippen LogP contribution >= 0.6 is 0 Å². The van der Waals surface area contributed by atoms with E-state index in [1.165, 1.54) is 24.3 Å². The third kappa shape index (κ3) is 4.13. The molecule has 0 heterocycles. The third-order valence-electron chi connectivity index (χ3n) is 2.84. The third-order valence-corrected chi connectivity index (χ3v) is 2.84. The lowest BCUT2D eigenvalue weighted by Gasteiger charge is -2.22. The van der Waals surface area contributed by atoms with Crippen molar-refractivity contribution in [2.75, 3.05) is 6.61 Å². The summed E-state index contributed by atoms with van der Waals surface area (Å²) < 4.78 is 5.46. The number of benzene rings is 1. The molecule has 0 saturated carbocycles. The van der Waals surface area contributed by atoms with Gasteiger partial charge in [0, 0.05) is 17.5 Å². The van der Waals surface area contributed by atoms with Gasteiger partial charge in [0.15, 0.2) is 0 Å². The van der Waals surface area contributed by atoms with Gasteiger partial charge in [0.25, 0.3) is 5.69 Å². The first-order valence-electron chi connectivity index (χ1n) is 5.72. The minimum absolute atomic E-state index is 0.0179. The molecule has 0 bridgehead atoms. The summed E-state index contributed by atoms with van der Waals surface area (Å²) >= 11 is 0. The number of rotatable bonds is 6. The van der Waals surface area contributed by atoms with E-state index in [1.807, 2.05) is 13.8 Å². The van der Waals surface area contributed by atoms with Crippen molar-refractivity contribution in [2.45, 2.75) is 20.3 Å². The average Bonchev–Trinajstić information content (AvgIpc) is 2.38. The Morgan fingerprint density at radius 3 is 2.53 bits per heavy atom. The molecule has 0 aliphatic carbocycles. The first kappa shape index (κ1) is 14.7. The summed E-state index contributed by atoms with van der Waals surface area (Å²) in [5, 5.41) is 22.1. The van der Waals surface area contributed by atoms with Crippen LogP contribution in [0.4, 0.5) is 5.69 Å². The molecule has 0 saturated heterocycles. The summed E-state index contributed by atoms with van der Waals surface area (Å²) in [4.78, 5) is 10.0. The molecule has 3 N–H and O–H groups in total. The van der Waals surface area contributed by atoms with Crippen LogP contribution in [0.3, 0.4) is 0 Å². The predicted octanol–water partition coefficient (Wildman–Crippen LogP) is 2.14. The van der Waals surface area contributed by atoms with Gasteiger partial charge in [0.1, 0.15) is 11.6 Å². The molecule has 104 valence electrons. The number of nitrogens with zero attached hydrogens (tertiary/aromatic N) is 2. The largest absolute Gasteiger partial charge is 0.494 e. The first-order valence-corrected chi connectivity index (χ1v) is 5.72. The lowest BCUT2D eigenvalue weighted by Crippen LogP contribution is -2.33. The van der Waals surface area contributed by atoms with E-state index in [0.29, 0.717) is 18.8 Å². The second-order valence-electron chi connectivity index (χ2n) is 4.72. The molecule has 0 aliphatic heterocycles. The molecule has 0 radical (unpaired) electrons. The van der Waals surface area contributed by atoms with Gasteiger partial charge in [-0.1, -0.05) is 19.0 Å². The Hall–Kier alpha value is -2.31. The Balaban J connectivity index is 2.52. The summed E-state index contributed by atoms with van der Waals surface area (Å²) in [5.74, 6) is 0.681. The minimum atomic E-state index is -0.477. The van der Waals surface area contributed by atoms with Crippen molar-refractivity contribution in [2.24, 2.45) is 16.3 Å². The fraction of sp³-hybridized carbons (Fsp3) is 0.417. The van der Waals surface area contributed by atoms with Crippen LogP contribution in [0.2, 0.25) is 0 Å². The monoisotopic (exact) mass is 267 g/mol. The van der Waals surface area contributed by atoms with E-state index in [0.717, 1.165) is 0 Å². The maximum atomic E-state index is 10.5. The van der Waals surface area contributed by atoms with Gasteiger partial charge in [-0.2, -0.15) is 0 Å². The molecule has 1 aromatic carbocycles. The van der Waals surface area contributed by atoms with Gasteiger partial charge in [-0.3, -0.25) is 10.1 Å². The molecule has 7 nitrogen and oxygen atoms in total. The molecular formula is C12H17N3O4. The zero-order valence-corrected chi connectivity index (χ0v) is 10.9. The number of nitro groups is 1. The number of nitrogens with two attached hydrogens (primary N) is 1. The Morgan fingerprint density at radius 1 is 1.47 bits per heavy atom. The van der Waals surface area contributed by atoms with E-state index in [-0.39, 0.29) is 11.5 Å². The summed E-state index contributed by atoms with van der Waals surface area (Å²) in [6, 6.07) is 5.83. The number of oxime groups is 1. The summed E-state index contributed by atoms with van der Waals surface area (Å²) in [7, 11) is 0. The topological polar surface area (TPSA) is 111 Å². The zero-order valence-electron chi connectivity index (χ0n) is 10.9. The van der Waals surface area contributed by atoms with Crippen LogP contribution in [-0.2, 0) is 0 Å². The van der Waals surface area contributed by atoms with E-state index in [4.69, 9.17) is 15.7 Å². The average molecular weight is 267 g/mol. The van der Waals surface area contributed by atoms with Gasteiger partial charge in [0.2, 0.25) is 0 Å². The predicted molar refractivity (Wildman–Crippen MR) is 70.4 cm³/mol. The summed E-state index contributed by atoms with van der Waals surface area (Å²) in [6.45, 7) is 4.03. The number of non-ortho nitro benzene ring substituents is 1. The Morgan fingerprint density at radius 2 is 2.05 bits per heavy atom. The van der Waals surface area contributed by atoms with Crippen molar-refractivity contribution in [3.8, 4) is 5.75 Å². The molecule has 0 unspecified atom stereocenters. The van der Waals surface area contributed by atoms with Crippen LogP contribution in [0.5, 0.6) is 5.75 Å². The second kappa shape index (κ2) is 6.03. The standard InChI is InChI=1S/C12H17N3O4/c1-12(2,11(13)14-16)7-8-19-10-5-3-9(4-6-10)15(17)18/h3-6,16H,7-8H2,1-2H3,(H2,13,14). The molecule has 0 fully saturated rings. The Kier molecular flexibility index (Phi) is 4.68. The molecule has 0 spiro atoms. The van der Waals surface area contributed by atoms with Gasteiger partial charge in [-0.15, -0.1) is 0 Å². The van der Waals surface area contributed by atoms with Crippen LogP contribution < -0.4 is 10.5 Å². The van der Waals surface area contributed by atoms with Crippen LogP contribution in [0.25, 0.3) is 0 Å². The zero-order chi connectivity index (χ0) is 14.5. The molecule has 0 amide bonds.